The molecule has 3 heterocycles. The highest BCUT2D eigenvalue weighted by Gasteiger charge is 2.31. The minimum Gasteiger partial charge on any atom is -0.409 e. The average molecular weight is 444 g/mol. The summed E-state index contributed by atoms with van der Waals surface area (Å²) >= 11 is 5.07. The van der Waals surface area contributed by atoms with Crippen LogP contribution in [0.2, 0.25) is 0 Å². The number of nitrogens with zero attached hydrogens (tertiary/aromatic N) is 3. The Morgan fingerprint density at radius 3 is 2.66 bits per heavy atom. The van der Waals surface area contributed by atoms with E-state index in [-0.39, 0.29) is 10.7 Å². The van der Waals surface area contributed by atoms with Gasteiger partial charge in [0.25, 0.3) is 4.84 Å². The summed E-state index contributed by atoms with van der Waals surface area (Å²) < 4.78 is 5.62. The van der Waals surface area contributed by atoms with Crippen LogP contribution < -0.4 is 10.6 Å². The molecule has 2 aromatic carbocycles. The molecule has 7 nitrogen and oxygen atoms in total. The predicted octanol–water partition coefficient (Wildman–Crippen LogP) is 3.92. The van der Waals surface area contributed by atoms with Crippen molar-refractivity contribution in [2.24, 2.45) is 5.73 Å². The standard InChI is InChI=1S/C24H21N5O2S/c25-20(12-15-4-2-1-3-5-15)23(30)29-11-8-18-19(22-27-28-24(32)31-22)13-17(14-21(18)29)16-6-9-26-10-7-16/h1-7,9-10,13-14,20H,8,11-12,25H2,(H,28,32). The minimum absolute atomic E-state index is 0.103. The normalized spacial score (nSPS) is 13.7. The number of rotatable bonds is 5. The van der Waals surface area contributed by atoms with Crippen LogP contribution in [0.4, 0.5) is 5.69 Å². The Morgan fingerprint density at radius 1 is 1.16 bits per heavy atom. The fraction of sp³-hybridized carbons (Fsp3) is 0.167. The second-order valence-electron chi connectivity index (χ2n) is 7.71. The maximum atomic E-state index is 13.3. The van der Waals surface area contributed by atoms with Crippen LogP contribution in [0.5, 0.6) is 0 Å². The van der Waals surface area contributed by atoms with Gasteiger partial charge in [-0.1, -0.05) is 30.3 Å². The number of pyridine rings is 1. The molecule has 0 bridgehead atoms. The second kappa shape index (κ2) is 8.49. The van der Waals surface area contributed by atoms with E-state index in [2.05, 4.69) is 15.2 Å². The number of hydrogen-bond acceptors (Lipinski definition) is 6. The number of aromatic amines is 1. The van der Waals surface area contributed by atoms with Crippen molar-refractivity contribution >= 4 is 23.8 Å². The molecule has 1 amide bonds. The summed E-state index contributed by atoms with van der Waals surface area (Å²) in [6.07, 6.45) is 4.64. The third kappa shape index (κ3) is 3.86. The molecule has 160 valence electrons. The summed E-state index contributed by atoms with van der Waals surface area (Å²) in [5.41, 5.74) is 11.9. The van der Waals surface area contributed by atoms with Crippen LogP contribution >= 0.6 is 12.2 Å². The van der Waals surface area contributed by atoms with Crippen molar-refractivity contribution < 1.29 is 9.21 Å². The number of amides is 1. The smallest absolute Gasteiger partial charge is 0.284 e. The van der Waals surface area contributed by atoms with E-state index < -0.39 is 6.04 Å². The van der Waals surface area contributed by atoms with Crippen LogP contribution in [0.15, 0.2) is 71.4 Å². The van der Waals surface area contributed by atoms with Gasteiger partial charge in [-0.2, -0.15) is 0 Å². The molecule has 1 aliphatic rings. The van der Waals surface area contributed by atoms with Gasteiger partial charge < -0.3 is 15.1 Å². The molecule has 0 saturated heterocycles. The summed E-state index contributed by atoms with van der Waals surface area (Å²) in [5, 5.41) is 6.91. The van der Waals surface area contributed by atoms with Gasteiger partial charge >= 0.3 is 0 Å². The molecule has 8 heteroatoms. The van der Waals surface area contributed by atoms with E-state index in [1.165, 1.54) is 0 Å². The van der Waals surface area contributed by atoms with Crippen LogP contribution in [0.1, 0.15) is 11.1 Å². The number of carbonyl (C=O) groups excluding carboxylic acids is 1. The number of H-pyrrole nitrogens is 1. The van der Waals surface area contributed by atoms with Crippen LogP contribution in [0.25, 0.3) is 22.6 Å². The average Bonchev–Trinajstić information content (AvgIpc) is 3.45. The van der Waals surface area contributed by atoms with E-state index in [0.717, 1.165) is 33.5 Å². The topological polar surface area (TPSA) is 101 Å². The zero-order chi connectivity index (χ0) is 22.1. The van der Waals surface area contributed by atoms with Crippen LogP contribution in [-0.4, -0.2) is 33.7 Å². The molecule has 1 atom stereocenters. The number of benzene rings is 2. The summed E-state index contributed by atoms with van der Waals surface area (Å²) in [4.78, 5) is 19.4. The largest absolute Gasteiger partial charge is 0.409 e. The lowest BCUT2D eigenvalue weighted by Gasteiger charge is -2.22. The SMILES string of the molecule is NC(Cc1ccccc1)C(=O)N1CCc2c(-c3n[nH]c(=S)o3)cc(-c3ccncc3)cc21. The fourth-order valence-electron chi connectivity index (χ4n) is 4.14. The first-order chi connectivity index (χ1) is 15.6. The number of nitrogens with two attached hydrogens (primary N) is 1. The van der Waals surface area contributed by atoms with Gasteiger partial charge in [-0.3, -0.25) is 9.78 Å². The van der Waals surface area contributed by atoms with Crippen molar-refractivity contribution in [2.75, 3.05) is 11.4 Å². The molecule has 1 unspecified atom stereocenters. The van der Waals surface area contributed by atoms with Crippen molar-refractivity contribution in [1.29, 1.82) is 0 Å². The van der Waals surface area contributed by atoms with Gasteiger partial charge in [0.1, 0.15) is 0 Å². The predicted molar refractivity (Wildman–Crippen MR) is 125 cm³/mol. The lowest BCUT2D eigenvalue weighted by atomic mass is 9.97. The molecule has 0 saturated carbocycles. The summed E-state index contributed by atoms with van der Waals surface area (Å²) in [5.74, 6) is 0.304. The zero-order valence-electron chi connectivity index (χ0n) is 17.2. The molecule has 0 radical (unpaired) electrons. The summed E-state index contributed by atoms with van der Waals surface area (Å²) in [6, 6.07) is 17.1. The van der Waals surface area contributed by atoms with Crippen LogP contribution in [0.3, 0.4) is 0 Å². The first kappa shape index (κ1) is 20.3. The van der Waals surface area contributed by atoms with E-state index in [1.54, 1.807) is 17.3 Å². The van der Waals surface area contributed by atoms with Crippen molar-refractivity contribution in [3.05, 3.63) is 83.0 Å². The highest BCUT2D eigenvalue weighted by molar-refractivity contribution is 7.71. The molecule has 0 fully saturated rings. The molecule has 0 spiro atoms. The lowest BCUT2D eigenvalue weighted by Crippen LogP contribution is -2.44. The Kier molecular flexibility index (Phi) is 5.38. The van der Waals surface area contributed by atoms with E-state index in [1.807, 2.05) is 54.6 Å². The van der Waals surface area contributed by atoms with Gasteiger partial charge in [-0.15, -0.1) is 5.10 Å². The molecule has 5 rings (SSSR count). The van der Waals surface area contributed by atoms with E-state index in [9.17, 15) is 4.79 Å². The zero-order valence-corrected chi connectivity index (χ0v) is 18.0. The Hall–Kier alpha value is -3.62. The summed E-state index contributed by atoms with van der Waals surface area (Å²) in [6.45, 7) is 0.550. The fourth-order valence-corrected chi connectivity index (χ4v) is 4.26. The van der Waals surface area contributed by atoms with E-state index >= 15 is 0 Å². The number of hydrogen-bond donors (Lipinski definition) is 2. The Labute approximate surface area is 189 Å². The van der Waals surface area contributed by atoms with Crippen molar-refractivity contribution in [2.45, 2.75) is 18.9 Å². The first-order valence-corrected chi connectivity index (χ1v) is 10.7. The molecule has 4 aromatic rings. The minimum atomic E-state index is -0.634. The number of nitrogens with one attached hydrogen (secondary N) is 1. The van der Waals surface area contributed by atoms with E-state index in [4.69, 9.17) is 22.4 Å². The van der Waals surface area contributed by atoms with Gasteiger partial charge in [0, 0.05) is 30.2 Å². The first-order valence-electron chi connectivity index (χ1n) is 10.3. The third-order valence-corrected chi connectivity index (χ3v) is 5.84. The highest BCUT2D eigenvalue weighted by atomic mass is 32.1. The monoisotopic (exact) mass is 443 g/mol. The molecule has 0 aliphatic carbocycles. The van der Waals surface area contributed by atoms with Gasteiger partial charge in [0.05, 0.1) is 6.04 Å². The number of carbonyl (C=O) groups is 1. The number of fused-ring (bicyclic) bond motifs is 1. The van der Waals surface area contributed by atoms with Gasteiger partial charge in [0.2, 0.25) is 11.8 Å². The van der Waals surface area contributed by atoms with Crippen LogP contribution in [-0.2, 0) is 17.6 Å². The van der Waals surface area contributed by atoms with Crippen molar-refractivity contribution in [3.63, 3.8) is 0 Å². The maximum Gasteiger partial charge on any atom is 0.284 e. The number of aromatic nitrogens is 3. The van der Waals surface area contributed by atoms with Gasteiger partial charge in [-0.25, -0.2) is 5.10 Å². The van der Waals surface area contributed by atoms with Crippen LogP contribution in [0, 0.1) is 4.84 Å². The Balaban J connectivity index is 1.55. The molecule has 2 aromatic heterocycles. The van der Waals surface area contributed by atoms with Gasteiger partial charge in [0.15, 0.2) is 0 Å². The summed E-state index contributed by atoms with van der Waals surface area (Å²) in [7, 11) is 0. The van der Waals surface area contributed by atoms with Crippen molar-refractivity contribution in [3.8, 4) is 22.6 Å². The molecule has 32 heavy (non-hydrogen) atoms. The second-order valence-corrected chi connectivity index (χ2v) is 8.08. The Bertz CT molecular complexity index is 1320. The molecule has 3 N–H and O–H groups in total. The molecular weight excluding hydrogens is 422 g/mol. The lowest BCUT2D eigenvalue weighted by molar-refractivity contribution is -0.119. The highest BCUT2D eigenvalue weighted by Crippen LogP contribution is 2.40. The van der Waals surface area contributed by atoms with Gasteiger partial charge in [-0.05, 0) is 71.6 Å². The quantitative estimate of drug-likeness (QED) is 0.454. The van der Waals surface area contributed by atoms with Crippen molar-refractivity contribution in [1.82, 2.24) is 15.2 Å². The molecule has 1 aliphatic heterocycles. The van der Waals surface area contributed by atoms with E-state index in [0.29, 0.717) is 25.3 Å². The molecular formula is C24H21N5O2S. The third-order valence-electron chi connectivity index (χ3n) is 5.67. The number of anilines is 1. The Morgan fingerprint density at radius 2 is 1.94 bits per heavy atom. The maximum absolute atomic E-state index is 13.3.